The fourth-order valence-electron chi connectivity index (χ4n) is 1.50. The summed E-state index contributed by atoms with van der Waals surface area (Å²) in [7, 11) is 0. The molecule has 78 valence electrons. The number of hydrogen-bond donors (Lipinski definition) is 0. The molecule has 1 atom stereocenters. The Labute approximate surface area is 82.3 Å². The molecular formula is C11H23NO. The Morgan fingerprint density at radius 2 is 1.92 bits per heavy atom. The van der Waals surface area contributed by atoms with E-state index in [2.05, 4.69) is 20.8 Å². The van der Waals surface area contributed by atoms with E-state index in [0.29, 0.717) is 6.04 Å². The fourth-order valence-corrected chi connectivity index (χ4v) is 1.50. The standard InChI is InChI=1S/C11H23NO/c1-4-6-7-9-12(10-13)11(3)8-5-2/h10-11H,4-9H2,1-3H3. The van der Waals surface area contributed by atoms with Crippen LogP contribution in [0.1, 0.15) is 52.9 Å². The van der Waals surface area contributed by atoms with Crippen molar-refractivity contribution in [1.82, 2.24) is 4.90 Å². The lowest BCUT2D eigenvalue weighted by Gasteiger charge is -2.24. The molecule has 0 spiro atoms. The van der Waals surface area contributed by atoms with Gasteiger partial charge in [-0.05, 0) is 19.8 Å². The van der Waals surface area contributed by atoms with Crippen LogP contribution < -0.4 is 0 Å². The maximum absolute atomic E-state index is 10.7. The van der Waals surface area contributed by atoms with Gasteiger partial charge in [0.2, 0.25) is 6.41 Å². The number of rotatable bonds is 8. The lowest BCUT2D eigenvalue weighted by atomic mass is 10.1. The molecule has 0 saturated heterocycles. The second-order valence-corrected chi connectivity index (χ2v) is 3.69. The van der Waals surface area contributed by atoms with Gasteiger partial charge in [0.25, 0.3) is 0 Å². The van der Waals surface area contributed by atoms with E-state index in [1.54, 1.807) is 0 Å². The molecule has 0 saturated carbocycles. The monoisotopic (exact) mass is 185 g/mol. The first-order valence-corrected chi connectivity index (χ1v) is 5.47. The third kappa shape index (κ3) is 5.67. The molecule has 0 N–H and O–H groups in total. The van der Waals surface area contributed by atoms with Gasteiger partial charge in [-0.15, -0.1) is 0 Å². The molecule has 1 amide bonds. The average molecular weight is 185 g/mol. The Hall–Kier alpha value is -0.530. The van der Waals surface area contributed by atoms with E-state index in [1.807, 2.05) is 4.90 Å². The molecule has 0 fully saturated rings. The summed E-state index contributed by atoms with van der Waals surface area (Å²) in [6, 6.07) is 0.416. The van der Waals surface area contributed by atoms with Gasteiger partial charge in [-0.1, -0.05) is 33.1 Å². The number of amides is 1. The molecule has 2 heteroatoms. The Bertz CT molecular complexity index is 125. The Balaban J connectivity index is 3.66. The molecule has 0 aromatic heterocycles. The van der Waals surface area contributed by atoms with Gasteiger partial charge in [0.1, 0.15) is 0 Å². The summed E-state index contributed by atoms with van der Waals surface area (Å²) in [6.45, 7) is 7.40. The van der Waals surface area contributed by atoms with Crippen molar-refractivity contribution in [3.63, 3.8) is 0 Å². The summed E-state index contributed by atoms with van der Waals surface area (Å²) in [5.74, 6) is 0. The highest BCUT2D eigenvalue weighted by Gasteiger charge is 2.09. The van der Waals surface area contributed by atoms with Gasteiger partial charge in [-0.25, -0.2) is 0 Å². The van der Waals surface area contributed by atoms with E-state index in [4.69, 9.17) is 0 Å². The van der Waals surface area contributed by atoms with Crippen molar-refractivity contribution in [1.29, 1.82) is 0 Å². The van der Waals surface area contributed by atoms with Gasteiger partial charge in [0, 0.05) is 12.6 Å². The minimum atomic E-state index is 0.416. The van der Waals surface area contributed by atoms with E-state index in [9.17, 15) is 4.79 Å². The van der Waals surface area contributed by atoms with Crippen LogP contribution in [-0.2, 0) is 4.79 Å². The Morgan fingerprint density at radius 1 is 1.23 bits per heavy atom. The predicted octanol–water partition coefficient (Wildman–Crippen LogP) is 2.82. The van der Waals surface area contributed by atoms with Crippen molar-refractivity contribution in [3.05, 3.63) is 0 Å². The normalized spacial score (nSPS) is 12.5. The zero-order valence-electron chi connectivity index (χ0n) is 9.25. The summed E-state index contributed by atoms with van der Waals surface area (Å²) >= 11 is 0. The van der Waals surface area contributed by atoms with Crippen LogP contribution in [0.25, 0.3) is 0 Å². The van der Waals surface area contributed by atoms with Gasteiger partial charge < -0.3 is 4.90 Å². The van der Waals surface area contributed by atoms with E-state index in [-0.39, 0.29) is 0 Å². The number of unbranched alkanes of at least 4 members (excludes halogenated alkanes) is 2. The molecule has 2 nitrogen and oxygen atoms in total. The zero-order chi connectivity index (χ0) is 10.1. The number of carbonyl (C=O) groups is 1. The molecule has 0 aromatic rings. The van der Waals surface area contributed by atoms with Gasteiger partial charge in [0.05, 0.1) is 0 Å². The summed E-state index contributed by atoms with van der Waals surface area (Å²) in [4.78, 5) is 12.7. The van der Waals surface area contributed by atoms with Crippen molar-refractivity contribution in [2.75, 3.05) is 6.54 Å². The molecule has 0 rings (SSSR count). The van der Waals surface area contributed by atoms with Crippen molar-refractivity contribution in [3.8, 4) is 0 Å². The van der Waals surface area contributed by atoms with Gasteiger partial charge in [0.15, 0.2) is 0 Å². The van der Waals surface area contributed by atoms with Gasteiger partial charge in [-0.2, -0.15) is 0 Å². The Kier molecular flexibility index (Phi) is 7.76. The molecule has 1 unspecified atom stereocenters. The van der Waals surface area contributed by atoms with Crippen LogP contribution in [0.15, 0.2) is 0 Å². The average Bonchev–Trinajstić information content (AvgIpc) is 2.13. The van der Waals surface area contributed by atoms with Crippen LogP contribution in [0.5, 0.6) is 0 Å². The highest BCUT2D eigenvalue weighted by Crippen LogP contribution is 2.06. The highest BCUT2D eigenvalue weighted by atomic mass is 16.1. The third-order valence-electron chi connectivity index (χ3n) is 2.43. The van der Waals surface area contributed by atoms with Crippen LogP contribution >= 0.6 is 0 Å². The Morgan fingerprint density at radius 3 is 2.38 bits per heavy atom. The van der Waals surface area contributed by atoms with Crippen LogP contribution in [0.4, 0.5) is 0 Å². The summed E-state index contributed by atoms with van der Waals surface area (Å²) in [6.07, 6.45) is 6.85. The van der Waals surface area contributed by atoms with Gasteiger partial charge >= 0.3 is 0 Å². The molecule has 0 aliphatic carbocycles. The van der Waals surface area contributed by atoms with E-state index in [1.165, 1.54) is 12.8 Å². The van der Waals surface area contributed by atoms with Crippen molar-refractivity contribution < 1.29 is 4.79 Å². The first-order valence-electron chi connectivity index (χ1n) is 5.47. The molecule has 0 bridgehead atoms. The minimum Gasteiger partial charge on any atom is -0.343 e. The number of carbonyl (C=O) groups excluding carboxylic acids is 1. The second kappa shape index (κ2) is 8.09. The number of nitrogens with zero attached hydrogens (tertiary/aromatic N) is 1. The largest absolute Gasteiger partial charge is 0.343 e. The molecular weight excluding hydrogens is 162 g/mol. The topological polar surface area (TPSA) is 20.3 Å². The van der Waals surface area contributed by atoms with Gasteiger partial charge in [-0.3, -0.25) is 4.79 Å². The summed E-state index contributed by atoms with van der Waals surface area (Å²) < 4.78 is 0. The summed E-state index contributed by atoms with van der Waals surface area (Å²) in [5, 5.41) is 0. The van der Waals surface area contributed by atoms with E-state index in [0.717, 1.165) is 32.2 Å². The zero-order valence-corrected chi connectivity index (χ0v) is 9.25. The first kappa shape index (κ1) is 12.5. The third-order valence-corrected chi connectivity index (χ3v) is 2.43. The quantitative estimate of drug-likeness (QED) is 0.420. The van der Waals surface area contributed by atoms with Crippen molar-refractivity contribution >= 4 is 6.41 Å². The number of hydrogen-bond acceptors (Lipinski definition) is 1. The van der Waals surface area contributed by atoms with Crippen LogP contribution in [-0.4, -0.2) is 23.9 Å². The smallest absolute Gasteiger partial charge is 0.209 e. The first-order chi connectivity index (χ1) is 6.26. The highest BCUT2D eigenvalue weighted by molar-refractivity contribution is 5.47. The van der Waals surface area contributed by atoms with Crippen molar-refractivity contribution in [2.45, 2.75) is 58.9 Å². The SMILES string of the molecule is CCCCCN(C=O)C(C)CCC. The van der Waals surface area contributed by atoms with Crippen LogP contribution in [0.2, 0.25) is 0 Å². The van der Waals surface area contributed by atoms with Crippen LogP contribution in [0, 0.1) is 0 Å². The molecule has 0 radical (unpaired) electrons. The summed E-state index contributed by atoms with van der Waals surface area (Å²) in [5.41, 5.74) is 0. The molecule has 0 aromatic carbocycles. The second-order valence-electron chi connectivity index (χ2n) is 3.69. The fraction of sp³-hybridized carbons (Fsp3) is 0.909. The molecule has 13 heavy (non-hydrogen) atoms. The molecule has 0 aliphatic heterocycles. The maximum atomic E-state index is 10.7. The molecule has 0 heterocycles. The minimum absolute atomic E-state index is 0.416. The lowest BCUT2D eigenvalue weighted by molar-refractivity contribution is -0.120. The van der Waals surface area contributed by atoms with E-state index >= 15 is 0 Å². The van der Waals surface area contributed by atoms with Crippen LogP contribution in [0.3, 0.4) is 0 Å². The predicted molar refractivity (Wildman–Crippen MR) is 56.7 cm³/mol. The lowest BCUT2D eigenvalue weighted by Crippen LogP contribution is -2.32. The van der Waals surface area contributed by atoms with E-state index < -0.39 is 0 Å². The maximum Gasteiger partial charge on any atom is 0.209 e. The molecule has 0 aliphatic rings. The van der Waals surface area contributed by atoms with Crippen molar-refractivity contribution in [2.24, 2.45) is 0 Å².